The van der Waals surface area contributed by atoms with Crippen LogP contribution in [0, 0.1) is 5.92 Å². The van der Waals surface area contributed by atoms with Crippen molar-refractivity contribution in [3.8, 4) is 10.8 Å². The molecule has 7 heteroatoms. The highest BCUT2D eigenvalue weighted by atomic mass is 32.1. The molecule has 0 amide bonds. The van der Waals surface area contributed by atoms with Gasteiger partial charge in [-0.3, -0.25) is 4.90 Å². The smallest absolute Gasteiger partial charge is 0.257 e. The summed E-state index contributed by atoms with van der Waals surface area (Å²) in [5.41, 5.74) is 0. The fraction of sp³-hybridized carbons (Fsp3) is 0.600. The molecule has 4 rings (SSSR count). The molecule has 0 spiro atoms. The number of piperidine rings is 1. The van der Waals surface area contributed by atoms with Crippen LogP contribution in [0.4, 0.5) is 0 Å². The van der Waals surface area contributed by atoms with Gasteiger partial charge in [0.2, 0.25) is 5.89 Å². The Balaban J connectivity index is 1.38. The van der Waals surface area contributed by atoms with E-state index in [1.165, 1.54) is 0 Å². The third kappa shape index (κ3) is 3.08. The number of thiophene rings is 1. The molecule has 4 heterocycles. The molecule has 2 aliphatic rings. The van der Waals surface area contributed by atoms with Crippen molar-refractivity contribution >= 4 is 11.3 Å². The van der Waals surface area contributed by atoms with Crippen molar-refractivity contribution in [3.63, 3.8) is 0 Å². The van der Waals surface area contributed by atoms with Crippen LogP contribution in [0.2, 0.25) is 0 Å². The minimum Gasteiger partial charge on any atom is -0.419 e. The van der Waals surface area contributed by atoms with E-state index in [4.69, 9.17) is 13.9 Å². The maximum absolute atomic E-state index is 5.78. The number of ether oxygens (including phenoxy) is 2. The summed E-state index contributed by atoms with van der Waals surface area (Å²) in [5, 5.41) is 10.3. The first-order valence-corrected chi connectivity index (χ1v) is 8.58. The number of hydrogen-bond acceptors (Lipinski definition) is 7. The first-order chi connectivity index (χ1) is 10.9. The van der Waals surface area contributed by atoms with Gasteiger partial charge in [0, 0.05) is 12.5 Å². The summed E-state index contributed by atoms with van der Waals surface area (Å²) in [6, 6.07) is 3.98. The van der Waals surface area contributed by atoms with E-state index in [2.05, 4.69) is 15.1 Å². The van der Waals surface area contributed by atoms with Gasteiger partial charge in [-0.2, -0.15) is 0 Å². The molecule has 2 aliphatic heterocycles. The molecule has 2 fully saturated rings. The van der Waals surface area contributed by atoms with Crippen molar-refractivity contribution in [2.75, 3.05) is 26.3 Å². The Bertz CT molecular complexity index is 595. The van der Waals surface area contributed by atoms with Gasteiger partial charge in [0.1, 0.15) is 0 Å². The highest BCUT2D eigenvalue weighted by Gasteiger charge is 2.31. The predicted octanol–water partition coefficient (Wildman–Crippen LogP) is 2.38. The lowest BCUT2D eigenvalue weighted by Gasteiger charge is -2.33. The Morgan fingerprint density at radius 3 is 3.00 bits per heavy atom. The van der Waals surface area contributed by atoms with Crippen molar-refractivity contribution < 1.29 is 13.9 Å². The molecule has 0 N–H and O–H groups in total. The van der Waals surface area contributed by atoms with E-state index in [0.717, 1.165) is 44.0 Å². The van der Waals surface area contributed by atoms with Gasteiger partial charge in [0.15, 0.2) is 6.29 Å². The Morgan fingerprint density at radius 2 is 2.18 bits per heavy atom. The van der Waals surface area contributed by atoms with Crippen molar-refractivity contribution in [1.82, 2.24) is 15.1 Å². The summed E-state index contributed by atoms with van der Waals surface area (Å²) in [6.07, 6.45) is 2.28. The van der Waals surface area contributed by atoms with Crippen LogP contribution >= 0.6 is 11.3 Å². The van der Waals surface area contributed by atoms with E-state index in [0.29, 0.717) is 24.2 Å². The minimum atomic E-state index is -0.0350. The molecule has 1 atom stereocenters. The molecule has 0 radical (unpaired) electrons. The topological polar surface area (TPSA) is 60.6 Å². The quantitative estimate of drug-likeness (QED) is 0.862. The molecule has 0 bridgehead atoms. The van der Waals surface area contributed by atoms with Crippen LogP contribution in [0.3, 0.4) is 0 Å². The average Bonchev–Trinajstić information content (AvgIpc) is 3.29. The van der Waals surface area contributed by atoms with Crippen molar-refractivity contribution in [2.24, 2.45) is 5.92 Å². The van der Waals surface area contributed by atoms with Crippen LogP contribution in [0.1, 0.15) is 18.7 Å². The second-order valence-corrected chi connectivity index (χ2v) is 6.67. The van der Waals surface area contributed by atoms with Crippen molar-refractivity contribution in [2.45, 2.75) is 25.7 Å². The fourth-order valence-corrected chi connectivity index (χ4v) is 3.76. The van der Waals surface area contributed by atoms with Crippen LogP contribution in [-0.2, 0) is 16.0 Å². The van der Waals surface area contributed by atoms with E-state index in [9.17, 15) is 0 Å². The maximum Gasteiger partial charge on any atom is 0.257 e. The molecule has 2 aromatic heterocycles. The molecule has 2 aromatic rings. The van der Waals surface area contributed by atoms with Gasteiger partial charge in [-0.25, -0.2) is 0 Å². The molecular formula is C15H19N3O3S. The predicted molar refractivity (Wildman–Crippen MR) is 81.3 cm³/mol. The molecule has 118 valence electrons. The van der Waals surface area contributed by atoms with E-state index in [1.807, 2.05) is 17.5 Å². The Morgan fingerprint density at radius 1 is 1.27 bits per heavy atom. The first-order valence-electron chi connectivity index (χ1n) is 7.70. The summed E-state index contributed by atoms with van der Waals surface area (Å²) >= 11 is 1.61. The third-order valence-electron chi connectivity index (χ3n) is 4.13. The molecule has 2 saturated heterocycles. The van der Waals surface area contributed by atoms with Gasteiger partial charge in [-0.1, -0.05) is 6.07 Å². The first kappa shape index (κ1) is 14.3. The fourth-order valence-electron chi connectivity index (χ4n) is 3.11. The monoisotopic (exact) mass is 321 g/mol. The van der Waals surface area contributed by atoms with E-state index in [1.54, 1.807) is 11.3 Å². The zero-order chi connectivity index (χ0) is 14.8. The summed E-state index contributed by atoms with van der Waals surface area (Å²) in [7, 11) is 0. The summed E-state index contributed by atoms with van der Waals surface area (Å²) in [6.45, 7) is 4.15. The van der Waals surface area contributed by atoms with Gasteiger partial charge in [-0.15, -0.1) is 21.5 Å². The second-order valence-electron chi connectivity index (χ2n) is 5.73. The van der Waals surface area contributed by atoms with Gasteiger partial charge in [0.05, 0.1) is 24.6 Å². The maximum atomic E-state index is 5.78. The molecular weight excluding hydrogens is 302 g/mol. The molecule has 0 aliphatic carbocycles. The van der Waals surface area contributed by atoms with Gasteiger partial charge >= 0.3 is 0 Å². The standard InChI is InChI=1S/C15H19N3O3S/c1-3-11(15-19-6-7-20-15)9-18(5-1)10-13-16-17-14(21-13)12-4-2-8-22-12/h2,4,8,11,15H,1,3,5-7,9-10H2/t11-/m0/s1. The number of likely N-dealkylation sites (tertiary alicyclic amines) is 1. The molecule has 22 heavy (non-hydrogen) atoms. The number of nitrogens with zero attached hydrogens (tertiary/aromatic N) is 3. The zero-order valence-electron chi connectivity index (χ0n) is 12.3. The number of hydrogen-bond donors (Lipinski definition) is 0. The highest BCUT2D eigenvalue weighted by Crippen LogP contribution is 2.27. The van der Waals surface area contributed by atoms with Crippen LogP contribution < -0.4 is 0 Å². The normalized spacial score (nSPS) is 24.1. The number of aromatic nitrogens is 2. The van der Waals surface area contributed by atoms with Crippen LogP contribution in [0.25, 0.3) is 10.8 Å². The van der Waals surface area contributed by atoms with E-state index < -0.39 is 0 Å². The highest BCUT2D eigenvalue weighted by molar-refractivity contribution is 7.13. The van der Waals surface area contributed by atoms with E-state index in [-0.39, 0.29) is 6.29 Å². The summed E-state index contributed by atoms with van der Waals surface area (Å²) in [5.74, 6) is 1.73. The zero-order valence-corrected chi connectivity index (χ0v) is 13.1. The third-order valence-corrected chi connectivity index (χ3v) is 4.99. The van der Waals surface area contributed by atoms with E-state index >= 15 is 0 Å². The van der Waals surface area contributed by atoms with Crippen LogP contribution in [0.15, 0.2) is 21.9 Å². The minimum absolute atomic E-state index is 0.0350. The molecule has 0 unspecified atom stereocenters. The number of rotatable bonds is 4. The Kier molecular flexibility index (Phi) is 4.20. The van der Waals surface area contributed by atoms with Gasteiger partial charge in [-0.05, 0) is 30.8 Å². The molecule has 6 nitrogen and oxygen atoms in total. The lowest BCUT2D eigenvalue weighted by atomic mass is 9.97. The molecule has 0 aromatic carbocycles. The van der Waals surface area contributed by atoms with Crippen molar-refractivity contribution in [3.05, 3.63) is 23.4 Å². The molecule has 0 saturated carbocycles. The average molecular weight is 321 g/mol. The summed E-state index contributed by atoms with van der Waals surface area (Å²) in [4.78, 5) is 3.37. The van der Waals surface area contributed by atoms with Crippen molar-refractivity contribution in [1.29, 1.82) is 0 Å². The SMILES string of the molecule is c1csc(-c2nnc(CN3CCC[C@H](C4OCCO4)C3)o2)c1. The lowest BCUT2D eigenvalue weighted by Crippen LogP contribution is -2.40. The summed E-state index contributed by atoms with van der Waals surface area (Å²) < 4.78 is 17.1. The Labute approximate surface area is 133 Å². The largest absolute Gasteiger partial charge is 0.419 e. The Hall–Kier alpha value is -1.28. The van der Waals surface area contributed by atoms with Gasteiger partial charge < -0.3 is 13.9 Å². The van der Waals surface area contributed by atoms with Gasteiger partial charge in [0.25, 0.3) is 5.89 Å². The second kappa shape index (κ2) is 6.45. The van der Waals surface area contributed by atoms with Crippen LogP contribution in [0.5, 0.6) is 0 Å². The van der Waals surface area contributed by atoms with Crippen LogP contribution in [-0.4, -0.2) is 47.7 Å². The lowest BCUT2D eigenvalue weighted by molar-refractivity contribution is -0.101.